The van der Waals surface area contributed by atoms with E-state index in [1.807, 2.05) is 0 Å². The molecule has 2 aliphatic rings. The van der Waals surface area contributed by atoms with Gasteiger partial charge in [0.05, 0.1) is 11.0 Å². The maximum atomic E-state index is 2.59. The van der Waals surface area contributed by atoms with Crippen LogP contribution in [0.4, 0.5) is 0 Å². The maximum absolute atomic E-state index is 2.59. The summed E-state index contributed by atoms with van der Waals surface area (Å²) in [7, 11) is 0. The van der Waals surface area contributed by atoms with Crippen molar-refractivity contribution in [1.29, 1.82) is 0 Å². The normalized spacial score (nSPS) is 29.4. The summed E-state index contributed by atoms with van der Waals surface area (Å²) >= 11 is 0. The highest BCUT2D eigenvalue weighted by Crippen LogP contribution is 2.67. The van der Waals surface area contributed by atoms with Crippen LogP contribution in [0.3, 0.4) is 0 Å². The number of aryl methyl sites for hydroxylation is 1. The van der Waals surface area contributed by atoms with Gasteiger partial charge in [0.15, 0.2) is 11.7 Å². The predicted molar refractivity (Wildman–Crippen MR) is 81.7 cm³/mol. The molecule has 2 atom stereocenters. The van der Waals surface area contributed by atoms with Gasteiger partial charge in [0.1, 0.15) is 0 Å². The summed E-state index contributed by atoms with van der Waals surface area (Å²) < 4.78 is 2.59. The van der Waals surface area contributed by atoms with E-state index in [4.69, 9.17) is 0 Å². The molecular weight excluding hydrogens is 242 g/mol. The van der Waals surface area contributed by atoms with Crippen LogP contribution in [-0.4, -0.2) is 0 Å². The quantitative estimate of drug-likeness (QED) is 0.718. The van der Waals surface area contributed by atoms with Gasteiger partial charge in [-0.05, 0) is 31.0 Å². The fourth-order valence-electron chi connectivity index (χ4n) is 4.70. The number of aromatic nitrogens is 1. The fraction of sp³-hybridized carbons (Fsp3) is 0.421. The minimum Gasteiger partial charge on any atom is -0.192 e. The number of pyridine rings is 1. The molecule has 1 fully saturated rings. The van der Waals surface area contributed by atoms with Gasteiger partial charge in [-0.15, -0.1) is 0 Å². The van der Waals surface area contributed by atoms with E-state index >= 15 is 0 Å². The second-order valence-corrected chi connectivity index (χ2v) is 6.50. The summed E-state index contributed by atoms with van der Waals surface area (Å²) in [6.07, 6.45) is 6.12. The van der Waals surface area contributed by atoms with Crippen LogP contribution < -0.4 is 4.57 Å². The SMILES string of the molecule is CCC12CC1(CC)[n+]1cc(C)ccc1-c1ccccc12. The van der Waals surface area contributed by atoms with E-state index in [9.17, 15) is 0 Å². The topological polar surface area (TPSA) is 3.88 Å². The van der Waals surface area contributed by atoms with Gasteiger partial charge in [-0.2, -0.15) is 4.57 Å². The summed E-state index contributed by atoms with van der Waals surface area (Å²) in [6, 6.07) is 13.6. The third kappa shape index (κ3) is 1.17. The second kappa shape index (κ2) is 3.72. The molecule has 2 heterocycles. The molecule has 1 aliphatic heterocycles. The molecule has 4 rings (SSSR count). The largest absolute Gasteiger partial charge is 0.213 e. The molecule has 102 valence electrons. The zero-order chi connectivity index (χ0) is 14.0. The number of hydrogen-bond acceptors (Lipinski definition) is 0. The fourth-order valence-corrected chi connectivity index (χ4v) is 4.70. The van der Waals surface area contributed by atoms with Crippen molar-refractivity contribution in [2.24, 2.45) is 0 Å². The molecule has 1 aromatic carbocycles. The summed E-state index contributed by atoms with van der Waals surface area (Å²) in [5, 5.41) is 0. The van der Waals surface area contributed by atoms with Crippen molar-refractivity contribution in [2.75, 3.05) is 0 Å². The van der Waals surface area contributed by atoms with Crippen molar-refractivity contribution in [1.82, 2.24) is 0 Å². The Kier molecular flexibility index (Phi) is 2.26. The van der Waals surface area contributed by atoms with Crippen molar-refractivity contribution in [3.8, 4) is 11.3 Å². The van der Waals surface area contributed by atoms with Gasteiger partial charge < -0.3 is 0 Å². The van der Waals surface area contributed by atoms with E-state index in [1.54, 1.807) is 5.56 Å². The van der Waals surface area contributed by atoms with Crippen molar-refractivity contribution in [2.45, 2.75) is 51.0 Å². The lowest BCUT2D eigenvalue weighted by atomic mass is 9.80. The molecule has 1 heteroatoms. The standard InChI is InChI=1S/C19H22N/c1-4-18-13-19(18,5-2)20-12-14(3)10-11-17(20)15-8-6-7-9-16(15)18/h6-12H,4-5,13H2,1-3H3/q+1. The van der Waals surface area contributed by atoms with Crippen LogP contribution in [0.1, 0.15) is 44.2 Å². The molecule has 0 radical (unpaired) electrons. The Morgan fingerprint density at radius 2 is 1.85 bits per heavy atom. The molecule has 2 aromatic rings. The lowest BCUT2D eigenvalue weighted by Crippen LogP contribution is -2.54. The predicted octanol–water partition coefficient (Wildman–Crippen LogP) is 4.12. The minimum absolute atomic E-state index is 0.317. The van der Waals surface area contributed by atoms with Crippen LogP contribution in [-0.2, 0) is 11.0 Å². The van der Waals surface area contributed by atoms with E-state index in [2.05, 4.69) is 67.9 Å². The lowest BCUT2D eigenvalue weighted by Gasteiger charge is -2.28. The first-order valence-corrected chi connectivity index (χ1v) is 7.81. The van der Waals surface area contributed by atoms with Crippen LogP contribution in [0, 0.1) is 6.92 Å². The van der Waals surface area contributed by atoms with Gasteiger partial charge in [0, 0.05) is 24.5 Å². The molecule has 2 unspecified atom stereocenters. The number of fused-ring (bicyclic) bond motifs is 6. The Morgan fingerprint density at radius 3 is 2.60 bits per heavy atom. The number of hydrogen-bond donors (Lipinski definition) is 0. The van der Waals surface area contributed by atoms with Gasteiger partial charge in [-0.1, -0.05) is 32.0 Å². The first-order valence-electron chi connectivity index (χ1n) is 7.81. The average Bonchev–Trinajstić information content (AvgIpc) is 3.19. The molecule has 1 nitrogen and oxygen atoms in total. The summed E-state index contributed by atoms with van der Waals surface area (Å²) in [4.78, 5) is 0. The third-order valence-electron chi connectivity index (χ3n) is 5.82. The summed E-state index contributed by atoms with van der Waals surface area (Å²) in [6.45, 7) is 6.91. The van der Waals surface area contributed by atoms with Crippen molar-refractivity contribution in [3.63, 3.8) is 0 Å². The van der Waals surface area contributed by atoms with E-state index in [0.717, 1.165) is 0 Å². The van der Waals surface area contributed by atoms with Gasteiger partial charge in [-0.25, -0.2) is 0 Å². The molecule has 0 saturated heterocycles. The average molecular weight is 264 g/mol. The molecule has 0 N–H and O–H groups in total. The first kappa shape index (κ1) is 12.1. The highest BCUT2D eigenvalue weighted by Gasteiger charge is 2.76. The minimum atomic E-state index is 0.317. The molecule has 0 spiro atoms. The van der Waals surface area contributed by atoms with E-state index in [1.165, 1.54) is 36.1 Å². The zero-order valence-corrected chi connectivity index (χ0v) is 12.6. The number of rotatable bonds is 2. The van der Waals surface area contributed by atoms with Gasteiger partial charge in [-0.3, -0.25) is 0 Å². The van der Waals surface area contributed by atoms with Gasteiger partial charge in [0.2, 0.25) is 5.69 Å². The zero-order valence-electron chi connectivity index (χ0n) is 12.6. The lowest BCUT2D eigenvalue weighted by molar-refractivity contribution is -0.736. The van der Waals surface area contributed by atoms with Crippen molar-refractivity contribution in [3.05, 3.63) is 53.7 Å². The van der Waals surface area contributed by atoms with E-state index in [-0.39, 0.29) is 0 Å². The number of nitrogens with zero attached hydrogens (tertiary/aromatic N) is 1. The van der Waals surface area contributed by atoms with E-state index < -0.39 is 0 Å². The van der Waals surface area contributed by atoms with Gasteiger partial charge in [0.25, 0.3) is 0 Å². The monoisotopic (exact) mass is 264 g/mol. The van der Waals surface area contributed by atoms with Crippen LogP contribution in [0.15, 0.2) is 42.6 Å². The first-order chi connectivity index (χ1) is 9.68. The Morgan fingerprint density at radius 1 is 1.05 bits per heavy atom. The van der Waals surface area contributed by atoms with Crippen molar-refractivity contribution >= 4 is 0 Å². The Balaban J connectivity index is 2.09. The Hall–Kier alpha value is -1.63. The second-order valence-electron chi connectivity index (χ2n) is 6.50. The Bertz CT molecular complexity index is 703. The van der Waals surface area contributed by atoms with Gasteiger partial charge >= 0.3 is 0 Å². The molecule has 0 bridgehead atoms. The van der Waals surface area contributed by atoms with Crippen LogP contribution >= 0.6 is 0 Å². The van der Waals surface area contributed by atoms with Crippen LogP contribution in [0.5, 0.6) is 0 Å². The summed E-state index contributed by atoms with van der Waals surface area (Å²) in [5.74, 6) is 0. The number of benzene rings is 1. The smallest absolute Gasteiger partial charge is 0.192 e. The highest BCUT2D eigenvalue weighted by atomic mass is 15.2. The van der Waals surface area contributed by atoms with Crippen molar-refractivity contribution < 1.29 is 4.57 Å². The maximum Gasteiger partial charge on any atom is 0.213 e. The molecule has 1 saturated carbocycles. The summed E-state index contributed by atoms with van der Waals surface area (Å²) in [5.41, 5.74) is 6.46. The third-order valence-corrected chi connectivity index (χ3v) is 5.82. The molecule has 0 amide bonds. The molecule has 1 aliphatic carbocycles. The highest BCUT2D eigenvalue weighted by molar-refractivity contribution is 5.67. The van der Waals surface area contributed by atoms with Crippen LogP contribution in [0.25, 0.3) is 11.3 Å². The van der Waals surface area contributed by atoms with Crippen LogP contribution in [0.2, 0.25) is 0 Å². The Labute approximate surface area is 121 Å². The molecular formula is C19H22N+. The molecule has 20 heavy (non-hydrogen) atoms. The van der Waals surface area contributed by atoms with E-state index in [0.29, 0.717) is 11.0 Å². The molecule has 1 aromatic heterocycles.